The number of Topliss-reactive ketones (excluding diaryl/α,β-unsaturated/α-hetero) is 1. The number of imide groups is 1. The Labute approximate surface area is 186 Å². The first-order valence-electron chi connectivity index (χ1n) is 10.7. The molecule has 7 heteroatoms. The van der Waals surface area contributed by atoms with E-state index < -0.39 is 29.3 Å². The van der Waals surface area contributed by atoms with Gasteiger partial charge in [-0.25, -0.2) is 4.90 Å². The maximum Gasteiger partial charge on any atom is 0.240 e. The number of hydrogen-bond acceptors (Lipinski definition) is 6. The zero-order chi connectivity index (χ0) is 22.8. The highest BCUT2D eigenvalue weighted by Crippen LogP contribution is 2.53. The first-order valence-corrected chi connectivity index (χ1v) is 10.7. The topological polar surface area (TPSA) is 79.3 Å². The Morgan fingerprint density at radius 1 is 0.969 bits per heavy atom. The Morgan fingerprint density at radius 2 is 1.62 bits per heavy atom. The number of methoxy groups -OCH3 is 1. The Hall–Kier alpha value is -3.48. The molecule has 0 aliphatic carbocycles. The molecule has 5 rings (SSSR count). The van der Waals surface area contributed by atoms with Crippen molar-refractivity contribution < 1.29 is 19.1 Å². The molecule has 32 heavy (non-hydrogen) atoms. The number of rotatable bonds is 3. The number of fused-ring (bicyclic) bond motifs is 5. The summed E-state index contributed by atoms with van der Waals surface area (Å²) in [6, 6.07) is 13.3. The van der Waals surface area contributed by atoms with Crippen LogP contribution in [0.1, 0.15) is 37.9 Å². The number of benzene rings is 2. The molecular weight excluding hydrogens is 406 g/mol. The Morgan fingerprint density at radius 3 is 2.28 bits per heavy atom. The van der Waals surface area contributed by atoms with Crippen molar-refractivity contribution in [3.05, 3.63) is 59.7 Å². The van der Waals surface area contributed by atoms with Crippen LogP contribution in [0, 0.1) is 17.3 Å². The summed E-state index contributed by atoms with van der Waals surface area (Å²) in [5.74, 6) is -1.57. The molecule has 0 unspecified atom stereocenters. The van der Waals surface area contributed by atoms with E-state index in [2.05, 4.69) is 5.10 Å². The second-order valence-electron chi connectivity index (χ2n) is 9.52. The minimum atomic E-state index is -0.797. The van der Waals surface area contributed by atoms with Gasteiger partial charge < -0.3 is 4.74 Å². The number of nitrogens with zero attached hydrogens (tertiary/aromatic N) is 3. The number of hydrazone groups is 1. The minimum Gasteiger partial charge on any atom is -0.497 e. The lowest BCUT2D eigenvalue weighted by Gasteiger charge is -2.35. The van der Waals surface area contributed by atoms with Crippen molar-refractivity contribution >= 4 is 29.5 Å². The highest BCUT2D eigenvalue weighted by atomic mass is 16.5. The van der Waals surface area contributed by atoms with Gasteiger partial charge in [0.2, 0.25) is 11.8 Å². The molecule has 0 spiro atoms. The number of ether oxygens (including phenoxy) is 1. The maximum absolute atomic E-state index is 13.7. The van der Waals surface area contributed by atoms with Crippen molar-refractivity contribution in [1.29, 1.82) is 0 Å². The Kier molecular flexibility index (Phi) is 4.48. The van der Waals surface area contributed by atoms with E-state index in [9.17, 15) is 14.4 Å². The van der Waals surface area contributed by atoms with Crippen LogP contribution in [0.25, 0.3) is 0 Å². The highest BCUT2D eigenvalue weighted by molar-refractivity contribution is 6.24. The highest BCUT2D eigenvalue weighted by Gasteiger charge is 2.66. The summed E-state index contributed by atoms with van der Waals surface area (Å²) >= 11 is 0. The number of ketones is 1. The molecule has 0 bridgehead atoms. The zero-order valence-electron chi connectivity index (χ0n) is 18.5. The largest absolute Gasteiger partial charge is 0.497 e. The molecule has 3 heterocycles. The van der Waals surface area contributed by atoms with Crippen LogP contribution in [-0.2, 0) is 14.4 Å². The quantitative estimate of drug-likeness (QED) is 0.698. The molecular formula is C25H25N3O4. The Bertz CT molecular complexity index is 1150. The van der Waals surface area contributed by atoms with E-state index in [1.807, 2.05) is 45.0 Å². The van der Waals surface area contributed by atoms with E-state index in [1.165, 1.54) is 4.90 Å². The second-order valence-corrected chi connectivity index (χ2v) is 9.52. The molecule has 2 aromatic carbocycles. The fraction of sp³-hybridized carbons (Fsp3) is 0.360. The fourth-order valence-electron chi connectivity index (χ4n) is 5.10. The van der Waals surface area contributed by atoms with Crippen LogP contribution in [0.4, 0.5) is 5.69 Å². The predicted octanol–water partition coefficient (Wildman–Crippen LogP) is 3.19. The van der Waals surface area contributed by atoms with Crippen LogP contribution >= 0.6 is 0 Å². The van der Waals surface area contributed by atoms with E-state index in [1.54, 1.807) is 42.6 Å². The molecule has 164 valence electrons. The molecule has 2 saturated heterocycles. The minimum absolute atomic E-state index is 0.0933. The van der Waals surface area contributed by atoms with E-state index in [4.69, 9.17) is 4.74 Å². The predicted molar refractivity (Wildman–Crippen MR) is 119 cm³/mol. The summed E-state index contributed by atoms with van der Waals surface area (Å²) in [7, 11) is 1.56. The lowest BCUT2D eigenvalue weighted by Crippen LogP contribution is -2.48. The molecule has 3 aliphatic heterocycles. The average molecular weight is 431 g/mol. The van der Waals surface area contributed by atoms with Gasteiger partial charge in [0.25, 0.3) is 0 Å². The SMILES string of the molecule is COc1ccc(N2C(=O)[C@@H]3[C@H](C2=O)[C@H](C(=O)C(C)(C)C)N2N=Cc4ccccc4[C@@H]32)cc1. The molecule has 7 nitrogen and oxygen atoms in total. The Balaban J connectivity index is 1.64. The summed E-state index contributed by atoms with van der Waals surface area (Å²) in [6.07, 6.45) is 1.71. The molecule has 0 saturated carbocycles. The van der Waals surface area contributed by atoms with E-state index in [-0.39, 0.29) is 17.6 Å². The molecule has 3 aliphatic rings. The van der Waals surface area contributed by atoms with E-state index in [0.29, 0.717) is 11.4 Å². The molecule has 0 N–H and O–H groups in total. The van der Waals surface area contributed by atoms with Gasteiger partial charge >= 0.3 is 0 Å². The van der Waals surface area contributed by atoms with Gasteiger partial charge in [0.05, 0.1) is 36.9 Å². The van der Waals surface area contributed by atoms with Crippen LogP contribution in [0.15, 0.2) is 53.6 Å². The zero-order valence-corrected chi connectivity index (χ0v) is 18.5. The summed E-state index contributed by atoms with van der Waals surface area (Å²) < 4.78 is 5.20. The van der Waals surface area contributed by atoms with Crippen LogP contribution < -0.4 is 9.64 Å². The van der Waals surface area contributed by atoms with Crippen LogP contribution in [0.2, 0.25) is 0 Å². The standard InChI is InChI=1S/C25H25N3O4/c1-25(2,3)22(29)21-19-18(20-17-8-6-5-7-14(17)13-26-28(20)21)23(30)27(24(19)31)15-9-11-16(32-4)12-10-15/h5-13,18-21H,1-4H3/t18-,19+,20+,21-/m1/s1. The third-order valence-electron chi connectivity index (χ3n) is 6.63. The molecule has 0 radical (unpaired) electrons. The van der Waals surface area contributed by atoms with Crippen LogP contribution in [-0.4, -0.2) is 42.0 Å². The smallest absolute Gasteiger partial charge is 0.240 e. The first kappa shape index (κ1) is 20.4. The van der Waals surface area contributed by atoms with Crippen molar-refractivity contribution in [2.24, 2.45) is 22.4 Å². The van der Waals surface area contributed by atoms with Gasteiger partial charge in [0.1, 0.15) is 11.8 Å². The van der Waals surface area contributed by atoms with Crippen molar-refractivity contribution in [1.82, 2.24) is 5.01 Å². The number of anilines is 1. The fourth-order valence-corrected chi connectivity index (χ4v) is 5.10. The second kappa shape index (κ2) is 7.02. The summed E-state index contributed by atoms with van der Waals surface area (Å²) in [6.45, 7) is 5.51. The normalized spacial score (nSPS) is 26.1. The number of hydrogen-bond donors (Lipinski definition) is 0. The van der Waals surface area contributed by atoms with Crippen molar-refractivity contribution in [3.63, 3.8) is 0 Å². The number of carbonyl (C=O) groups excluding carboxylic acids is 3. The first-order chi connectivity index (χ1) is 15.2. The summed E-state index contributed by atoms with van der Waals surface area (Å²) in [4.78, 5) is 42.2. The lowest BCUT2D eigenvalue weighted by atomic mass is 9.79. The maximum atomic E-state index is 13.7. The third-order valence-corrected chi connectivity index (χ3v) is 6.63. The summed E-state index contributed by atoms with van der Waals surface area (Å²) in [5, 5.41) is 6.27. The van der Waals surface area contributed by atoms with Gasteiger partial charge in [-0.2, -0.15) is 5.10 Å². The molecule has 2 amide bonds. The van der Waals surface area contributed by atoms with Crippen molar-refractivity contribution in [2.75, 3.05) is 12.0 Å². The summed E-state index contributed by atoms with van der Waals surface area (Å²) in [5.41, 5.74) is 1.61. The molecule has 0 aromatic heterocycles. The number of amides is 2. The third kappa shape index (κ3) is 2.80. The van der Waals surface area contributed by atoms with Crippen molar-refractivity contribution in [3.8, 4) is 5.75 Å². The number of carbonyl (C=O) groups is 3. The monoisotopic (exact) mass is 431 g/mol. The molecule has 2 aromatic rings. The van der Waals surface area contributed by atoms with E-state index in [0.717, 1.165) is 11.1 Å². The van der Waals surface area contributed by atoms with Gasteiger partial charge in [-0.15, -0.1) is 0 Å². The van der Waals surface area contributed by atoms with Crippen LogP contribution in [0.3, 0.4) is 0 Å². The van der Waals surface area contributed by atoms with Gasteiger partial charge in [-0.05, 0) is 35.4 Å². The van der Waals surface area contributed by atoms with Crippen molar-refractivity contribution in [2.45, 2.75) is 32.9 Å². The lowest BCUT2D eigenvalue weighted by molar-refractivity contribution is -0.136. The van der Waals surface area contributed by atoms with E-state index >= 15 is 0 Å². The molecule has 4 atom stereocenters. The molecule has 2 fully saturated rings. The van der Waals surface area contributed by atoms with Gasteiger partial charge in [0, 0.05) is 5.41 Å². The van der Waals surface area contributed by atoms with Gasteiger partial charge in [-0.3, -0.25) is 19.4 Å². The van der Waals surface area contributed by atoms with Gasteiger partial charge in [0.15, 0.2) is 5.78 Å². The average Bonchev–Trinajstić information content (AvgIpc) is 3.25. The van der Waals surface area contributed by atoms with Crippen LogP contribution in [0.5, 0.6) is 5.75 Å². The van der Waals surface area contributed by atoms with Gasteiger partial charge in [-0.1, -0.05) is 45.0 Å².